The number of aromatic nitrogens is 1. The standard InChI is InChI=1S/C17H26N2O/c1-12(20)15-11-19(9-5-8-18)16-7-6-13(10-14(15)16)17(2,3)4/h6-7,10-12,20H,5,8-9,18H2,1-4H3. The fourth-order valence-corrected chi connectivity index (χ4v) is 2.57. The van der Waals surface area contributed by atoms with E-state index in [1.165, 1.54) is 11.1 Å². The zero-order valence-electron chi connectivity index (χ0n) is 13.0. The van der Waals surface area contributed by atoms with Crippen LogP contribution in [-0.2, 0) is 12.0 Å². The van der Waals surface area contributed by atoms with Gasteiger partial charge in [-0.25, -0.2) is 0 Å². The fourth-order valence-electron chi connectivity index (χ4n) is 2.57. The van der Waals surface area contributed by atoms with Gasteiger partial charge in [0.05, 0.1) is 6.10 Å². The summed E-state index contributed by atoms with van der Waals surface area (Å²) in [5, 5.41) is 11.2. The molecule has 1 heterocycles. The number of nitrogens with zero attached hydrogens (tertiary/aromatic N) is 1. The van der Waals surface area contributed by atoms with Crippen LogP contribution in [0.15, 0.2) is 24.4 Å². The zero-order chi connectivity index (χ0) is 14.9. The Morgan fingerprint density at radius 3 is 2.55 bits per heavy atom. The monoisotopic (exact) mass is 274 g/mol. The van der Waals surface area contributed by atoms with Crippen LogP contribution in [0.25, 0.3) is 10.9 Å². The summed E-state index contributed by atoms with van der Waals surface area (Å²) in [6, 6.07) is 6.57. The molecule has 0 saturated carbocycles. The topological polar surface area (TPSA) is 51.2 Å². The van der Waals surface area contributed by atoms with E-state index >= 15 is 0 Å². The first-order valence-corrected chi connectivity index (χ1v) is 7.36. The van der Waals surface area contributed by atoms with Gasteiger partial charge in [0, 0.05) is 29.2 Å². The smallest absolute Gasteiger partial charge is 0.0782 e. The molecule has 0 spiro atoms. The van der Waals surface area contributed by atoms with Gasteiger partial charge < -0.3 is 15.4 Å². The van der Waals surface area contributed by atoms with E-state index in [0.29, 0.717) is 6.54 Å². The van der Waals surface area contributed by atoms with Gasteiger partial charge >= 0.3 is 0 Å². The van der Waals surface area contributed by atoms with Crippen LogP contribution >= 0.6 is 0 Å². The Hall–Kier alpha value is -1.32. The minimum absolute atomic E-state index is 0.115. The molecule has 1 aromatic heterocycles. The number of rotatable bonds is 4. The molecule has 1 aromatic carbocycles. The van der Waals surface area contributed by atoms with Crippen molar-refractivity contribution >= 4 is 10.9 Å². The minimum atomic E-state index is -0.452. The molecule has 0 radical (unpaired) electrons. The van der Waals surface area contributed by atoms with Crippen LogP contribution in [0.5, 0.6) is 0 Å². The van der Waals surface area contributed by atoms with Crippen molar-refractivity contribution in [3.05, 3.63) is 35.5 Å². The summed E-state index contributed by atoms with van der Waals surface area (Å²) in [6.07, 6.45) is 2.56. The molecular formula is C17H26N2O. The number of aliphatic hydroxyl groups is 1. The Labute approximate surface area is 121 Å². The molecule has 2 aromatic rings. The number of fused-ring (bicyclic) bond motifs is 1. The zero-order valence-corrected chi connectivity index (χ0v) is 13.0. The number of aliphatic hydroxyl groups excluding tert-OH is 1. The van der Waals surface area contributed by atoms with Crippen molar-refractivity contribution in [1.82, 2.24) is 4.57 Å². The summed E-state index contributed by atoms with van der Waals surface area (Å²) >= 11 is 0. The molecule has 3 nitrogen and oxygen atoms in total. The number of hydrogen-bond acceptors (Lipinski definition) is 2. The Morgan fingerprint density at radius 1 is 1.30 bits per heavy atom. The summed E-state index contributed by atoms with van der Waals surface area (Å²) in [7, 11) is 0. The third-order valence-corrected chi connectivity index (χ3v) is 3.83. The predicted octanol–water partition coefficient (Wildman–Crippen LogP) is 3.34. The van der Waals surface area contributed by atoms with E-state index in [-0.39, 0.29) is 5.41 Å². The predicted molar refractivity (Wildman–Crippen MR) is 84.9 cm³/mol. The van der Waals surface area contributed by atoms with Gasteiger partial charge in [-0.15, -0.1) is 0 Å². The maximum Gasteiger partial charge on any atom is 0.0782 e. The Balaban J connectivity index is 2.58. The molecule has 0 aliphatic rings. The average molecular weight is 274 g/mol. The van der Waals surface area contributed by atoms with Crippen molar-refractivity contribution in [2.24, 2.45) is 5.73 Å². The fraction of sp³-hybridized carbons (Fsp3) is 0.529. The van der Waals surface area contributed by atoms with Crippen molar-refractivity contribution in [1.29, 1.82) is 0 Å². The molecule has 0 aliphatic heterocycles. The van der Waals surface area contributed by atoms with E-state index in [0.717, 1.165) is 23.9 Å². The van der Waals surface area contributed by atoms with Crippen LogP contribution in [0, 0.1) is 0 Å². The number of nitrogens with two attached hydrogens (primary N) is 1. The summed E-state index contributed by atoms with van der Waals surface area (Å²) < 4.78 is 2.21. The first kappa shape index (κ1) is 15.1. The average Bonchev–Trinajstić information content (AvgIpc) is 2.73. The van der Waals surface area contributed by atoms with E-state index in [1.807, 2.05) is 6.92 Å². The van der Waals surface area contributed by atoms with Crippen LogP contribution in [0.3, 0.4) is 0 Å². The largest absolute Gasteiger partial charge is 0.389 e. The van der Waals surface area contributed by atoms with Gasteiger partial charge in [0.15, 0.2) is 0 Å². The van der Waals surface area contributed by atoms with Crippen LogP contribution in [-0.4, -0.2) is 16.2 Å². The molecule has 2 rings (SSSR count). The lowest BCUT2D eigenvalue weighted by molar-refractivity contribution is 0.200. The van der Waals surface area contributed by atoms with Crippen molar-refractivity contribution in [3.63, 3.8) is 0 Å². The lowest BCUT2D eigenvalue weighted by atomic mass is 9.86. The molecule has 1 atom stereocenters. The van der Waals surface area contributed by atoms with Crippen molar-refractivity contribution in [2.75, 3.05) is 6.54 Å². The third kappa shape index (κ3) is 2.89. The van der Waals surface area contributed by atoms with Crippen LogP contribution in [0.1, 0.15) is 51.3 Å². The molecule has 0 bridgehead atoms. The van der Waals surface area contributed by atoms with E-state index < -0.39 is 6.10 Å². The van der Waals surface area contributed by atoms with Gasteiger partial charge in [-0.3, -0.25) is 0 Å². The molecule has 3 heteroatoms. The summed E-state index contributed by atoms with van der Waals surface area (Å²) in [6.45, 7) is 10.0. The second kappa shape index (κ2) is 5.58. The lowest BCUT2D eigenvalue weighted by Gasteiger charge is -2.19. The molecule has 110 valence electrons. The first-order valence-electron chi connectivity index (χ1n) is 7.36. The second-order valence-electron chi connectivity index (χ2n) is 6.58. The highest BCUT2D eigenvalue weighted by Crippen LogP contribution is 2.31. The molecule has 0 amide bonds. The van der Waals surface area contributed by atoms with Crippen LogP contribution in [0.4, 0.5) is 0 Å². The number of aryl methyl sites for hydroxylation is 1. The highest BCUT2D eigenvalue weighted by molar-refractivity contribution is 5.85. The molecule has 0 aliphatic carbocycles. The highest BCUT2D eigenvalue weighted by Gasteiger charge is 2.18. The molecule has 0 saturated heterocycles. The van der Waals surface area contributed by atoms with E-state index in [1.54, 1.807) is 0 Å². The molecule has 1 unspecified atom stereocenters. The van der Waals surface area contributed by atoms with Crippen LogP contribution in [0.2, 0.25) is 0 Å². The van der Waals surface area contributed by atoms with Gasteiger partial charge in [-0.05, 0) is 43.0 Å². The van der Waals surface area contributed by atoms with Gasteiger partial charge in [0.1, 0.15) is 0 Å². The van der Waals surface area contributed by atoms with Crippen molar-refractivity contribution in [2.45, 2.75) is 52.2 Å². The summed E-state index contributed by atoms with van der Waals surface area (Å²) in [5.41, 5.74) is 9.20. The summed E-state index contributed by atoms with van der Waals surface area (Å²) in [4.78, 5) is 0. The van der Waals surface area contributed by atoms with E-state index in [4.69, 9.17) is 5.73 Å². The number of benzene rings is 1. The van der Waals surface area contributed by atoms with Gasteiger partial charge in [-0.1, -0.05) is 26.8 Å². The van der Waals surface area contributed by atoms with Crippen molar-refractivity contribution in [3.8, 4) is 0 Å². The minimum Gasteiger partial charge on any atom is -0.389 e. The molecular weight excluding hydrogens is 248 g/mol. The first-order chi connectivity index (χ1) is 9.34. The highest BCUT2D eigenvalue weighted by atomic mass is 16.3. The second-order valence-corrected chi connectivity index (χ2v) is 6.58. The maximum absolute atomic E-state index is 10.0. The van der Waals surface area contributed by atoms with Gasteiger partial charge in [-0.2, -0.15) is 0 Å². The quantitative estimate of drug-likeness (QED) is 0.898. The van der Waals surface area contributed by atoms with E-state index in [2.05, 4.69) is 49.7 Å². The van der Waals surface area contributed by atoms with Crippen molar-refractivity contribution < 1.29 is 5.11 Å². The SMILES string of the molecule is CC(O)c1cn(CCCN)c2ccc(C(C)(C)C)cc12. The van der Waals surface area contributed by atoms with E-state index in [9.17, 15) is 5.11 Å². The normalized spacial score (nSPS) is 13.9. The third-order valence-electron chi connectivity index (χ3n) is 3.83. The Morgan fingerprint density at radius 2 is 2.00 bits per heavy atom. The maximum atomic E-state index is 10.0. The molecule has 0 fully saturated rings. The lowest BCUT2D eigenvalue weighted by Crippen LogP contribution is -2.10. The number of hydrogen-bond donors (Lipinski definition) is 2. The molecule has 3 N–H and O–H groups in total. The Kier molecular flexibility index (Phi) is 4.21. The molecule has 20 heavy (non-hydrogen) atoms. The van der Waals surface area contributed by atoms with Gasteiger partial charge in [0.2, 0.25) is 0 Å². The van der Waals surface area contributed by atoms with Gasteiger partial charge in [0.25, 0.3) is 0 Å². The summed E-state index contributed by atoms with van der Waals surface area (Å²) in [5.74, 6) is 0. The van der Waals surface area contributed by atoms with Crippen LogP contribution < -0.4 is 5.73 Å². The Bertz CT molecular complexity index is 591.